The molecule has 3 rings (SSSR count). The van der Waals surface area contributed by atoms with Crippen molar-refractivity contribution >= 4 is 35.9 Å². The zero-order chi connectivity index (χ0) is 30.8. The predicted octanol–water partition coefficient (Wildman–Crippen LogP) is 4.20. The van der Waals surface area contributed by atoms with E-state index in [0.29, 0.717) is 25.8 Å². The van der Waals surface area contributed by atoms with Crippen LogP contribution < -0.4 is 0 Å². The van der Waals surface area contributed by atoms with Crippen LogP contribution in [0.2, 0.25) is 0 Å². The molecule has 2 atom stereocenters. The van der Waals surface area contributed by atoms with Gasteiger partial charge in [0.1, 0.15) is 17.2 Å². The molecule has 2 saturated heterocycles. The SMILES string of the molecule is CC(C)(C)OC(=O)N1CCCC1C(=O)OC(=O)c1ccc(C(=O)CC2(C(=O)O)CCCN2C(=O)OC(C)(C)C)cc1. The van der Waals surface area contributed by atoms with Gasteiger partial charge in [0.05, 0.1) is 5.56 Å². The lowest BCUT2D eigenvalue weighted by molar-refractivity contribution is -0.149. The third-order valence-electron chi connectivity index (χ3n) is 6.74. The number of benzene rings is 1. The molecule has 2 aliphatic heterocycles. The number of likely N-dealkylation sites (tertiary alicyclic amines) is 2. The highest BCUT2D eigenvalue weighted by atomic mass is 16.6. The first-order valence-electron chi connectivity index (χ1n) is 13.6. The molecule has 2 amide bonds. The molecular formula is C29H38N2O10. The van der Waals surface area contributed by atoms with Crippen LogP contribution in [0.1, 0.15) is 94.4 Å². The maximum Gasteiger partial charge on any atom is 0.411 e. The van der Waals surface area contributed by atoms with E-state index in [1.54, 1.807) is 41.5 Å². The van der Waals surface area contributed by atoms with Gasteiger partial charge in [-0.05, 0) is 79.4 Å². The van der Waals surface area contributed by atoms with Gasteiger partial charge < -0.3 is 19.3 Å². The van der Waals surface area contributed by atoms with Crippen molar-refractivity contribution in [2.75, 3.05) is 13.1 Å². The second-order valence-electron chi connectivity index (χ2n) is 12.3. The minimum atomic E-state index is -1.76. The van der Waals surface area contributed by atoms with Crippen molar-refractivity contribution in [3.8, 4) is 0 Å². The van der Waals surface area contributed by atoms with Gasteiger partial charge in [-0.25, -0.2) is 24.0 Å². The van der Waals surface area contributed by atoms with Crippen LogP contribution in [0, 0.1) is 0 Å². The normalized spacial score (nSPS) is 20.9. The van der Waals surface area contributed by atoms with E-state index < -0.39 is 65.1 Å². The van der Waals surface area contributed by atoms with Crippen LogP contribution in [0.5, 0.6) is 0 Å². The fourth-order valence-electron chi connectivity index (χ4n) is 4.87. The number of ether oxygens (including phenoxy) is 3. The minimum absolute atomic E-state index is 0.0130. The van der Waals surface area contributed by atoms with Gasteiger partial charge >= 0.3 is 30.1 Å². The average molecular weight is 575 g/mol. The lowest BCUT2D eigenvalue weighted by Crippen LogP contribution is -2.55. The highest BCUT2D eigenvalue weighted by molar-refractivity contribution is 6.03. The lowest BCUT2D eigenvalue weighted by Gasteiger charge is -2.35. The van der Waals surface area contributed by atoms with E-state index in [4.69, 9.17) is 14.2 Å². The van der Waals surface area contributed by atoms with Gasteiger partial charge in [0.25, 0.3) is 0 Å². The number of aliphatic carboxylic acids is 1. The van der Waals surface area contributed by atoms with E-state index in [9.17, 15) is 33.9 Å². The van der Waals surface area contributed by atoms with Gasteiger partial charge in [-0.2, -0.15) is 0 Å². The molecule has 1 aromatic rings. The lowest BCUT2D eigenvalue weighted by atomic mass is 9.87. The van der Waals surface area contributed by atoms with Gasteiger partial charge in [0, 0.05) is 25.1 Å². The van der Waals surface area contributed by atoms with Crippen LogP contribution >= 0.6 is 0 Å². The van der Waals surface area contributed by atoms with E-state index in [0.717, 1.165) is 4.90 Å². The summed E-state index contributed by atoms with van der Waals surface area (Å²) in [4.78, 5) is 78.4. The number of hydrogen-bond acceptors (Lipinski definition) is 9. The van der Waals surface area contributed by atoms with Gasteiger partial charge in [-0.3, -0.25) is 14.6 Å². The summed E-state index contributed by atoms with van der Waals surface area (Å²) < 4.78 is 15.7. The number of esters is 2. The van der Waals surface area contributed by atoms with Crippen LogP contribution in [0.25, 0.3) is 0 Å². The molecule has 0 aliphatic carbocycles. The van der Waals surface area contributed by atoms with E-state index in [1.807, 2.05) is 0 Å². The number of nitrogens with zero attached hydrogens (tertiary/aromatic N) is 2. The fraction of sp³-hybridized carbons (Fsp3) is 0.586. The minimum Gasteiger partial charge on any atom is -0.479 e. The molecule has 2 fully saturated rings. The molecule has 12 nitrogen and oxygen atoms in total. The fourth-order valence-corrected chi connectivity index (χ4v) is 4.87. The molecule has 0 bridgehead atoms. The van der Waals surface area contributed by atoms with Crippen molar-refractivity contribution in [2.45, 2.75) is 96.4 Å². The Kier molecular flexibility index (Phi) is 9.14. The topological polar surface area (TPSA) is 157 Å². The second-order valence-corrected chi connectivity index (χ2v) is 12.3. The number of carbonyl (C=O) groups excluding carboxylic acids is 5. The molecule has 12 heteroatoms. The maximum absolute atomic E-state index is 13.1. The van der Waals surface area contributed by atoms with Crippen molar-refractivity contribution < 1.29 is 48.1 Å². The molecular weight excluding hydrogens is 536 g/mol. The molecule has 0 radical (unpaired) electrons. The van der Waals surface area contributed by atoms with Gasteiger partial charge in [0.2, 0.25) is 0 Å². The molecule has 0 spiro atoms. The molecule has 0 aromatic heterocycles. The Morgan fingerprint density at radius 1 is 0.854 bits per heavy atom. The van der Waals surface area contributed by atoms with Crippen molar-refractivity contribution in [3.63, 3.8) is 0 Å². The Labute approximate surface area is 238 Å². The summed E-state index contributed by atoms with van der Waals surface area (Å²) >= 11 is 0. The molecule has 2 aliphatic rings. The summed E-state index contributed by atoms with van der Waals surface area (Å²) in [5.74, 6) is -3.69. The van der Waals surface area contributed by atoms with E-state index in [2.05, 4.69) is 0 Å². The highest BCUT2D eigenvalue weighted by Crippen LogP contribution is 2.35. The monoisotopic (exact) mass is 574 g/mol. The number of ketones is 1. The first kappa shape index (κ1) is 31.6. The summed E-state index contributed by atoms with van der Waals surface area (Å²) in [6.07, 6.45) is -0.603. The van der Waals surface area contributed by atoms with Crippen LogP contribution in [-0.2, 0) is 23.8 Å². The summed E-state index contributed by atoms with van der Waals surface area (Å²) in [7, 11) is 0. The summed E-state index contributed by atoms with van der Waals surface area (Å²) in [6, 6.07) is 4.28. The third-order valence-corrected chi connectivity index (χ3v) is 6.74. The Morgan fingerprint density at radius 2 is 1.41 bits per heavy atom. The Morgan fingerprint density at radius 3 is 1.98 bits per heavy atom. The first-order chi connectivity index (χ1) is 18.9. The van der Waals surface area contributed by atoms with Gasteiger partial charge in [-0.1, -0.05) is 12.1 Å². The summed E-state index contributed by atoms with van der Waals surface area (Å²) in [5, 5.41) is 10.0. The number of amides is 2. The van der Waals surface area contributed by atoms with E-state index >= 15 is 0 Å². The Balaban J connectivity index is 1.67. The molecule has 2 unspecified atom stereocenters. The van der Waals surface area contributed by atoms with E-state index in [-0.39, 0.29) is 24.1 Å². The largest absolute Gasteiger partial charge is 0.479 e. The zero-order valence-electron chi connectivity index (χ0n) is 24.4. The zero-order valence-corrected chi connectivity index (χ0v) is 24.4. The van der Waals surface area contributed by atoms with Crippen molar-refractivity contribution in [1.82, 2.24) is 9.80 Å². The van der Waals surface area contributed by atoms with Gasteiger partial charge in [-0.15, -0.1) is 0 Å². The van der Waals surface area contributed by atoms with Crippen LogP contribution in [0.3, 0.4) is 0 Å². The first-order valence-corrected chi connectivity index (χ1v) is 13.6. The number of carbonyl (C=O) groups is 6. The Hall–Kier alpha value is -3.96. The van der Waals surface area contributed by atoms with E-state index in [1.165, 1.54) is 29.2 Å². The summed E-state index contributed by atoms with van der Waals surface area (Å²) in [5.41, 5.74) is -3.24. The number of carboxylic acids is 1. The smallest absolute Gasteiger partial charge is 0.411 e. The third kappa shape index (κ3) is 7.62. The number of rotatable bonds is 6. The molecule has 1 N–H and O–H groups in total. The molecule has 1 aromatic carbocycles. The molecule has 2 heterocycles. The quantitative estimate of drug-likeness (QED) is 0.226. The molecule has 0 saturated carbocycles. The second kappa shape index (κ2) is 11.9. The van der Waals surface area contributed by atoms with Crippen molar-refractivity contribution in [2.24, 2.45) is 0 Å². The van der Waals surface area contributed by atoms with Crippen LogP contribution in [0.15, 0.2) is 24.3 Å². The maximum atomic E-state index is 13.1. The highest BCUT2D eigenvalue weighted by Gasteiger charge is 2.52. The van der Waals surface area contributed by atoms with Crippen LogP contribution in [-0.4, -0.2) is 86.7 Å². The van der Waals surface area contributed by atoms with Crippen molar-refractivity contribution in [1.29, 1.82) is 0 Å². The molecule has 224 valence electrons. The van der Waals surface area contributed by atoms with Crippen LogP contribution in [0.4, 0.5) is 9.59 Å². The average Bonchev–Trinajstić information content (AvgIpc) is 3.50. The number of Topliss-reactive ketones (excluding diaryl/α,β-unsaturated/α-hetero) is 1. The van der Waals surface area contributed by atoms with Gasteiger partial charge in [0.15, 0.2) is 11.3 Å². The Bertz CT molecular complexity index is 1210. The summed E-state index contributed by atoms with van der Waals surface area (Å²) in [6.45, 7) is 10.6. The number of hydrogen-bond donors (Lipinski definition) is 1. The predicted molar refractivity (Wildman–Crippen MR) is 144 cm³/mol. The van der Waals surface area contributed by atoms with Crippen molar-refractivity contribution in [3.05, 3.63) is 35.4 Å². The number of carboxylic acid groups (broad SMARTS) is 1. The standard InChI is InChI=1S/C29H38N2O10/c1-27(2,3)40-25(37)30-15-7-9-20(30)23(34)39-22(33)19-12-10-18(11-13-19)21(32)17-29(24(35)36)14-8-16-31(29)26(38)41-28(4,5)6/h10-13,20H,7-9,14-17H2,1-6H3,(H,35,36). The molecule has 41 heavy (non-hydrogen) atoms.